The first-order valence-electron chi connectivity index (χ1n) is 20.7. The molecule has 0 atom stereocenters. The number of rotatable bonds is 7. The second kappa shape index (κ2) is 19.9. The molecule has 4 heterocycles. The summed E-state index contributed by atoms with van der Waals surface area (Å²) in [6, 6.07) is 21.8. The first-order valence-corrected chi connectivity index (χ1v) is 20.0. The second-order valence-electron chi connectivity index (χ2n) is 15.5. The van der Waals surface area contributed by atoms with Crippen molar-refractivity contribution >= 4 is 46.1 Å². The van der Waals surface area contributed by atoms with E-state index in [1.54, 1.807) is 42.6 Å². The number of benzene rings is 4. The zero-order valence-corrected chi connectivity index (χ0v) is 35.9. The largest absolute Gasteiger partial charge is 0.478 e. The van der Waals surface area contributed by atoms with Gasteiger partial charge in [0, 0.05) is 28.7 Å². The van der Waals surface area contributed by atoms with Crippen LogP contribution in [0.15, 0.2) is 134 Å². The summed E-state index contributed by atoms with van der Waals surface area (Å²) in [4.78, 5) is 32.2. The molecule has 68 heavy (non-hydrogen) atoms. The summed E-state index contributed by atoms with van der Waals surface area (Å²) >= 11 is 0. The highest BCUT2D eigenvalue weighted by atomic mass is 35.5. The van der Waals surface area contributed by atoms with Gasteiger partial charge in [0.2, 0.25) is 0 Å². The minimum absolute atomic E-state index is 0. The van der Waals surface area contributed by atoms with Crippen LogP contribution in [-0.4, -0.2) is 53.7 Å². The first kappa shape index (κ1) is 48.6. The number of carbonyl (C=O) groups excluding carboxylic acids is 1. The molecule has 4 aromatic carbocycles. The van der Waals surface area contributed by atoms with E-state index in [4.69, 9.17) is 12.2 Å². The third-order valence-electron chi connectivity index (χ3n) is 11.0. The van der Waals surface area contributed by atoms with Gasteiger partial charge in [-0.15, -0.1) is 12.4 Å². The van der Waals surface area contributed by atoms with Crippen molar-refractivity contribution in [2.75, 3.05) is 7.15 Å². The molecule has 10 rings (SSSR count). The molecule has 0 radical (unpaired) electrons. The lowest BCUT2D eigenvalue weighted by Gasteiger charge is -2.19. The Morgan fingerprint density at radius 3 is 1.51 bits per heavy atom. The third kappa shape index (κ3) is 10.9. The monoisotopic (exact) mass is 969 g/mol. The van der Waals surface area contributed by atoms with E-state index in [0.717, 1.165) is 37.1 Å². The smallest absolute Gasteiger partial charge is 0.416 e. The fourth-order valence-corrected chi connectivity index (χ4v) is 7.13. The van der Waals surface area contributed by atoms with Crippen LogP contribution in [0.4, 0.5) is 39.5 Å². The molecule has 2 aliphatic carbocycles. The number of carbonyl (C=O) groups is 2. The van der Waals surface area contributed by atoms with Crippen LogP contribution in [0.5, 0.6) is 0 Å². The predicted molar refractivity (Wildman–Crippen MR) is 235 cm³/mol. The van der Waals surface area contributed by atoms with Crippen molar-refractivity contribution in [3.05, 3.63) is 179 Å². The van der Waals surface area contributed by atoms with Gasteiger partial charge in [0.1, 0.15) is 11.6 Å². The number of nitrogens with one attached hydrogen (secondary N) is 1. The standard InChI is InChI=1S/C23H16F4N4O.C13H8FN3O2.C10H10F3N.CH3F.ClH/c24-16-4-6-17(7-5-16)31-20-13-28-11-19(18(20)12-29-31)21(32)30-22(8-9-22)14-2-1-3-15(10-14)23(25,26)27;14-8-1-3-9(4-2-8)17-12-7-15-5-11(13(18)19)10(12)6-16-17;11-10(12,13)8-3-1-2-7(6-8)9(14)4-5-9;1-2;/h1-7,10-13H,8-9H2,(H,30,32);1-7H,(H,18,19);1-3,6H,4-5,14H2;1H3;1H/i;;;1D;. The van der Waals surface area contributed by atoms with Crippen LogP contribution < -0.4 is 11.1 Å². The minimum atomic E-state index is -4.46. The second-order valence-corrected chi connectivity index (χ2v) is 15.5. The van der Waals surface area contributed by atoms with Crippen LogP contribution in [0.25, 0.3) is 33.2 Å². The molecule has 4 N–H and O–H groups in total. The Morgan fingerprint density at radius 1 is 0.662 bits per heavy atom. The van der Waals surface area contributed by atoms with Crippen molar-refractivity contribution < 1.29 is 55.6 Å². The Morgan fingerprint density at radius 2 is 1.09 bits per heavy atom. The van der Waals surface area contributed by atoms with Crippen molar-refractivity contribution in [1.29, 1.82) is 0 Å². The van der Waals surface area contributed by atoms with E-state index < -0.39 is 53.6 Å². The molecule has 11 nitrogen and oxygen atoms in total. The van der Waals surface area contributed by atoms with Gasteiger partial charge in [-0.2, -0.15) is 36.5 Å². The number of alkyl halides is 7. The molecule has 4 aromatic heterocycles. The SMILES string of the molecule is Cl.NC1(c2cccc(C(F)(F)F)c2)CC1.O=C(NC1(c2cccc(C(F)(F)F)c2)CC1)c1cncc2c1cnn2-c1ccc(F)cc1.O=C(O)c1cncc2c1cnn2-c1ccc(F)cc1.[2H]CF. The number of hydrogen-bond donors (Lipinski definition) is 3. The molecule has 354 valence electrons. The van der Waals surface area contributed by atoms with Gasteiger partial charge in [-0.1, -0.05) is 24.3 Å². The van der Waals surface area contributed by atoms with E-state index in [9.17, 15) is 49.1 Å². The van der Waals surface area contributed by atoms with Crippen molar-refractivity contribution in [3.63, 3.8) is 0 Å². The lowest BCUT2D eigenvalue weighted by Crippen LogP contribution is -2.35. The van der Waals surface area contributed by atoms with Gasteiger partial charge in [-0.3, -0.25) is 19.2 Å². The van der Waals surface area contributed by atoms with Gasteiger partial charge in [0.05, 0.1) is 83.5 Å². The number of amides is 1. The molecule has 0 aliphatic heterocycles. The molecule has 0 saturated heterocycles. The van der Waals surface area contributed by atoms with Crippen LogP contribution >= 0.6 is 12.4 Å². The number of carboxylic acids is 1. The van der Waals surface area contributed by atoms with Gasteiger partial charge >= 0.3 is 18.3 Å². The van der Waals surface area contributed by atoms with Gasteiger partial charge < -0.3 is 16.2 Å². The fraction of sp³-hybridized carbons (Fsp3) is 0.191. The first-order chi connectivity index (χ1) is 32.3. The zero-order valence-electron chi connectivity index (χ0n) is 36.1. The number of aromatic nitrogens is 6. The van der Waals surface area contributed by atoms with Gasteiger partial charge in [-0.05, 0) is 110 Å². The molecule has 0 bridgehead atoms. The Kier molecular flexibility index (Phi) is 14.2. The van der Waals surface area contributed by atoms with Crippen molar-refractivity contribution in [1.82, 2.24) is 34.8 Å². The fourth-order valence-electron chi connectivity index (χ4n) is 7.13. The number of pyridine rings is 2. The Labute approximate surface area is 388 Å². The van der Waals surface area contributed by atoms with E-state index in [-0.39, 0.29) is 35.2 Å². The summed E-state index contributed by atoms with van der Waals surface area (Å²) in [5.41, 5.74) is 6.81. The molecule has 1 amide bonds. The van der Waals surface area contributed by atoms with E-state index >= 15 is 0 Å². The topological polar surface area (TPSA) is 154 Å². The van der Waals surface area contributed by atoms with E-state index in [2.05, 4.69) is 25.5 Å². The molecule has 21 heteroatoms. The molecule has 2 fully saturated rings. The van der Waals surface area contributed by atoms with E-state index in [1.165, 1.54) is 76.7 Å². The Balaban J connectivity index is 0.000000179. The highest BCUT2D eigenvalue weighted by Gasteiger charge is 2.47. The third-order valence-corrected chi connectivity index (χ3v) is 11.0. The molecule has 0 unspecified atom stereocenters. The maximum absolute atomic E-state index is 13.2. The quantitative estimate of drug-likeness (QED) is 0.133. The van der Waals surface area contributed by atoms with Crippen LogP contribution in [-0.2, 0) is 23.4 Å². The molecule has 2 saturated carbocycles. The number of nitrogens with zero attached hydrogens (tertiary/aromatic N) is 6. The number of aromatic carboxylic acids is 1. The van der Waals surface area contributed by atoms with Crippen molar-refractivity contribution in [2.45, 2.75) is 49.1 Å². The van der Waals surface area contributed by atoms with E-state index in [0.29, 0.717) is 57.1 Å². The van der Waals surface area contributed by atoms with Gasteiger partial charge in [0.15, 0.2) is 0 Å². The Hall–Kier alpha value is -7.32. The van der Waals surface area contributed by atoms with E-state index in [1.807, 2.05) is 0 Å². The average molecular weight is 970 g/mol. The number of fused-ring (bicyclic) bond motifs is 2. The maximum Gasteiger partial charge on any atom is 0.416 e. The molecule has 2 aliphatic rings. The summed E-state index contributed by atoms with van der Waals surface area (Å²) < 4.78 is 121. The Bertz CT molecular complexity index is 3060. The normalized spacial score (nSPS) is 14.4. The van der Waals surface area contributed by atoms with Crippen LogP contribution in [0.1, 0.15) is 70.0 Å². The summed E-state index contributed by atoms with van der Waals surface area (Å²) in [6.45, 7) is 0. The molecule has 8 aromatic rings. The predicted octanol–water partition coefficient (Wildman–Crippen LogP) is 10.9. The van der Waals surface area contributed by atoms with Crippen molar-refractivity contribution in [3.8, 4) is 11.4 Å². The summed E-state index contributed by atoms with van der Waals surface area (Å²) in [5.74, 6) is -2.23. The van der Waals surface area contributed by atoms with Gasteiger partial charge in [-0.25, -0.2) is 22.9 Å². The van der Waals surface area contributed by atoms with Gasteiger partial charge in [0.25, 0.3) is 5.91 Å². The number of nitrogens with two attached hydrogens (primary N) is 1. The van der Waals surface area contributed by atoms with Crippen LogP contribution in [0, 0.1) is 11.6 Å². The zero-order chi connectivity index (χ0) is 49.0. The lowest BCUT2D eigenvalue weighted by molar-refractivity contribution is -0.138. The number of hydrogen-bond acceptors (Lipinski definition) is 7. The molecular weight excluding hydrogens is 931 g/mol. The van der Waals surface area contributed by atoms with Crippen LogP contribution in [0.3, 0.4) is 0 Å². The maximum atomic E-state index is 13.2. The minimum Gasteiger partial charge on any atom is -0.478 e. The molecule has 0 spiro atoms. The average Bonchev–Trinajstić information content (AvgIpc) is 4.17. The highest BCUT2D eigenvalue weighted by molar-refractivity contribution is 6.06. The summed E-state index contributed by atoms with van der Waals surface area (Å²) in [7, 11) is -1.00. The lowest BCUT2D eigenvalue weighted by atomic mass is 10.0. The highest BCUT2D eigenvalue weighted by Crippen LogP contribution is 2.47. The molecular formula is C47H38ClF9N8O3. The summed E-state index contributed by atoms with van der Waals surface area (Å²) in [6.07, 6.45) is 2.61. The van der Waals surface area contributed by atoms with Crippen LogP contribution in [0.2, 0.25) is 0 Å². The number of halogens is 10. The summed E-state index contributed by atoms with van der Waals surface area (Å²) in [5, 5.41) is 21.4. The number of carboxylic acid groups (broad SMARTS) is 1. The van der Waals surface area contributed by atoms with Crippen molar-refractivity contribution in [2.24, 2.45) is 5.73 Å².